The van der Waals surface area contributed by atoms with Crippen LogP contribution in [0.2, 0.25) is 0 Å². The van der Waals surface area contributed by atoms with Gasteiger partial charge in [0.05, 0.1) is 18.3 Å². The van der Waals surface area contributed by atoms with Gasteiger partial charge in [0, 0.05) is 18.0 Å². The fourth-order valence-electron chi connectivity index (χ4n) is 1.88. The lowest BCUT2D eigenvalue weighted by Gasteiger charge is -2.14. The molecular weight excluding hydrogens is 248 g/mol. The van der Waals surface area contributed by atoms with Crippen molar-refractivity contribution in [3.8, 4) is 5.75 Å². The molecule has 0 fully saturated rings. The van der Waals surface area contributed by atoms with E-state index in [1.54, 1.807) is 0 Å². The quantitative estimate of drug-likeness (QED) is 0.855. The normalized spacial score (nSPS) is 11.9. The Kier molecular flexibility index (Phi) is 4.99. The number of ether oxygens (including phenoxy) is 1. The molecule has 0 saturated carbocycles. The van der Waals surface area contributed by atoms with Gasteiger partial charge in [0.15, 0.2) is 0 Å². The number of aromatic nitrogens is 1. The molecule has 0 aliphatic heterocycles. The summed E-state index contributed by atoms with van der Waals surface area (Å²) in [5, 5.41) is 3.39. The van der Waals surface area contributed by atoms with Gasteiger partial charge >= 0.3 is 0 Å². The maximum atomic E-state index is 5.82. The van der Waals surface area contributed by atoms with Crippen molar-refractivity contribution in [1.29, 1.82) is 0 Å². The fraction of sp³-hybridized carbons (Fsp3) is 0.353. The third-order valence-electron chi connectivity index (χ3n) is 3.32. The molecule has 3 heteroatoms. The van der Waals surface area contributed by atoms with Gasteiger partial charge in [0.25, 0.3) is 0 Å². The molecule has 0 spiro atoms. The van der Waals surface area contributed by atoms with Crippen LogP contribution in [0, 0.1) is 6.92 Å². The first-order chi connectivity index (χ1) is 9.69. The van der Waals surface area contributed by atoms with Crippen LogP contribution in [-0.4, -0.2) is 11.1 Å². The second-order valence-corrected chi connectivity index (χ2v) is 4.99. The van der Waals surface area contributed by atoms with Gasteiger partial charge in [0.1, 0.15) is 5.75 Å². The molecule has 1 aromatic heterocycles. The van der Waals surface area contributed by atoms with Gasteiger partial charge in [-0.2, -0.15) is 0 Å². The average molecular weight is 270 g/mol. The molecule has 20 heavy (non-hydrogen) atoms. The lowest BCUT2D eigenvalue weighted by atomic mass is 10.2. The van der Waals surface area contributed by atoms with E-state index in [4.69, 9.17) is 4.74 Å². The number of nitrogens with one attached hydrogen (secondary N) is 1. The van der Waals surface area contributed by atoms with Gasteiger partial charge in [-0.15, -0.1) is 0 Å². The number of aryl methyl sites for hydroxylation is 1. The van der Waals surface area contributed by atoms with Crippen LogP contribution in [0.1, 0.15) is 31.5 Å². The fourth-order valence-corrected chi connectivity index (χ4v) is 1.88. The predicted octanol–water partition coefficient (Wildman–Crippen LogP) is 4.18. The van der Waals surface area contributed by atoms with E-state index in [2.05, 4.69) is 37.1 Å². The van der Waals surface area contributed by atoms with Crippen LogP contribution in [0.4, 0.5) is 5.69 Å². The van der Waals surface area contributed by atoms with Gasteiger partial charge < -0.3 is 10.1 Å². The van der Waals surface area contributed by atoms with Crippen molar-refractivity contribution in [1.82, 2.24) is 4.98 Å². The summed E-state index contributed by atoms with van der Waals surface area (Å²) in [6.45, 7) is 7.00. The van der Waals surface area contributed by atoms with Crippen LogP contribution < -0.4 is 10.1 Å². The number of pyridine rings is 1. The van der Waals surface area contributed by atoms with Crippen molar-refractivity contribution in [3.05, 3.63) is 53.9 Å². The Morgan fingerprint density at radius 1 is 1.25 bits per heavy atom. The molecule has 0 amide bonds. The standard InChI is InChI=1S/C17H22N2O/c1-4-14(3)20-16-9-5-8-15(11-16)19-12-17-13(2)7-6-10-18-17/h5-11,14,19H,4,12H2,1-3H3. The number of anilines is 1. The third-order valence-corrected chi connectivity index (χ3v) is 3.32. The maximum Gasteiger partial charge on any atom is 0.121 e. The third kappa shape index (κ3) is 3.98. The molecule has 2 aromatic rings. The average Bonchev–Trinajstić information content (AvgIpc) is 2.47. The van der Waals surface area contributed by atoms with Crippen LogP contribution in [0.25, 0.3) is 0 Å². The van der Waals surface area contributed by atoms with E-state index in [-0.39, 0.29) is 6.10 Å². The molecule has 0 saturated heterocycles. The first-order valence-electron chi connectivity index (χ1n) is 7.10. The zero-order valence-corrected chi connectivity index (χ0v) is 12.4. The summed E-state index contributed by atoms with van der Waals surface area (Å²) in [6.07, 6.45) is 3.07. The summed E-state index contributed by atoms with van der Waals surface area (Å²) in [5.41, 5.74) is 3.32. The molecule has 1 unspecified atom stereocenters. The zero-order valence-electron chi connectivity index (χ0n) is 12.4. The second kappa shape index (κ2) is 6.94. The topological polar surface area (TPSA) is 34.1 Å². The molecule has 0 aliphatic carbocycles. The summed E-state index contributed by atoms with van der Waals surface area (Å²) >= 11 is 0. The van der Waals surface area contributed by atoms with Crippen LogP contribution in [-0.2, 0) is 6.54 Å². The Bertz CT molecular complexity index is 554. The summed E-state index contributed by atoms with van der Waals surface area (Å²) < 4.78 is 5.82. The maximum absolute atomic E-state index is 5.82. The summed E-state index contributed by atoms with van der Waals surface area (Å²) in [4.78, 5) is 4.38. The molecule has 1 aromatic carbocycles. The summed E-state index contributed by atoms with van der Waals surface area (Å²) in [6, 6.07) is 12.1. The minimum Gasteiger partial charge on any atom is -0.491 e. The van der Waals surface area contributed by atoms with Gasteiger partial charge in [-0.05, 0) is 44.0 Å². The molecular formula is C17H22N2O. The van der Waals surface area contributed by atoms with E-state index in [9.17, 15) is 0 Å². The molecule has 1 atom stereocenters. The highest BCUT2D eigenvalue weighted by Crippen LogP contribution is 2.20. The molecule has 106 valence electrons. The van der Waals surface area contributed by atoms with Gasteiger partial charge in [-0.1, -0.05) is 19.1 Å². The number of nitrogens with zero attached hydrogens (tertiary/aromatic N) is 1. The Hall–Kier alpha value is -2.03. The summed E-state index contributed by atoms with van der Waals surface area (Å²) in [7, 11) is 0. The minimum atomic E-state index is 0.239. The van der Waals surface area contributed by atoms with Crippen molar-refractivity contribution in [2.24, 2.45) is 0 Å². The molecule has 0 aliphatic rings. The molecule has 2 rings (SSSR count). The Labute approximate surface area is 121 Å². The van der Waals surface area contributed by atoms with Gasteiger partial charge in [-0.25, -0.2) is 0 Å². The van der Waals surface area contributed by atoms with Gasteiger partial charge in [-0.3, -0.25) is 4.98 Å². The highest BCUT2D eigenvalue weighted by atomic mass is 16.5. The minimum absolute atomic E-state index is 0.239. The van der Waals surface area contributed by atoms with Crippen LogP contribution in [0.15, 0.2) is 42.6 Å². The van der Waals surface area contributed by atoms with E-state index in [0.717, 1.165) is 30.1 Å². The van der Waals surface area contributed by atoms with Crippen molar-refractivity contribution in [3.63, 3.8) is 0 Å². The van der Waals surface area contributed by atoms with Crippen LogP contribution in [0.5, 0.6) is 5.75 Å². The SMILES string of the molecule is CCC(C)Oc1cccc(NCc2ncccc2C)c1. The van der Waals surface area contributed by atoms with E-state index in [1.165, 1.54) is 5.56 Å². The number of rotatable bonds is 6. The van der Waals surface area contributed by atoms with E-state index in [0.29, 0.717) is 0 Å². The lowest BCUT2D eigenvalue weighted by Crippen LogP contribution is -2.10. The monoisotopic (exact) mass is 270 g/mol. The number of benzene rings is 1. The van der Waals surface area contributed by atoms with E-state index < -0.39 is 0 Å². The van der Waals surface area contributed by atoms with Crippen molar-refractivity contribution >= 4 is 5.69 Å². The molecule has 1 N–H and O–H groups in total. The smallest absolute Gasteiger partial charge is 0.121 e. The first-order valence-corrected chi connectivity index (χ1v) is 7.10. The highest BCUT2D eigenvalue weighted by molar-refractivity contribution is 5.48. The summed E-state index contributed by atoms with van der Waals surface area (Å²) in [5.74, 6) is 0.905. The molecule has 0 radical (unpaired) electrons. The molecule has 3 nitrogen and oxygen atoms in total. The zero-order chi connectivity index (χ0) is 14.4. The second-order valence-electron chi connectivity index (χ2n) is 4.99. The highest BCUT2D eigenvalue weighted by Gasteiger charge is 2.03. The van der Waals surface area contributed by atoms with E-state index >= 15 is 0 Å². The predicted molar refractivity (Wildman–Crippen MR) is 83.1 cm³/mol. The largest absolute Gasteiger partial charge is 0.491 e. The lowest BCUT2D eigenvalue weighted by molar-refractivity contribution is 0.217. The van der Waals surface area contributed by atoms with E-state index in [1.807, 2.05) is 36.5 Å². The van der Waals surface area contributed by atoms with Crippen molar-refractivity contribution < 1.29 is 4.74 Å². The van der Waals surface area contributed by atoms with Crippen LogP contribution in [0.3, 0.4) is 0 Å². The Morgan fingerprint density at radius 2 is 2.10 bits per heavy atom. The molecule has 0 bridgehead atoms. The van der Waals surface area contributed by atoms with Crippen molar-refractivity contribution in [2.75, 3.05) is 5.32 Å². The first kappa shape index (κ1) is 14.4. The molecule has 1 heterocycles. The van der Waals surface area contributed by atoms with Crippen molar-refractivity contribution in [2.45, 2.75) is 39.8 Å². The number of hydrogen-bond donors (Lipinski definition) is 1. The Morgan fingerprint density at radius 3 is 2.85 bits per heavy atom. The van der Waals surface area contributed by atoms with Gasteiger partial charge in [0.2, 0.25) is 0 Å². The van der Waals surface area contributed by atoms with Crippen LogP contribution >= 0.6 is 0 Å². The Balaban J connectivity index is 2.00. The number of hydrogen-bond acceptors (Lipinski definition) is 3.